The number of carbonyl (C=O) groups excluding carboxylic acids is 1. The molecule has 0 aromatic heterocycles. The van der Waals surface area contributed by atoms with Gasteiger partial charge in [-0.2, -0.15) is 0 Å². The van der Waals surface area contributed by atoms with Gasteiger partial charge in [-0.3, -0.25) is 9.69 Å². The van der Waals surface area contributed by atoms with Crippen LogP contribution in [0.2, 0.25) is 0 Å². The Hall–Kier alpha value is -2.33. The number of methoxy groups -OCH3 is 1. The summed E-state index contributed by atoms with van der Waals surface area (Å²) >= 11 is 0. The van der Waals surface area contributed by atoms with Gasteiger partial charge in [-0.25, -0.2) is 0 Å². The maximum absolute atomic E-state index is 12.9. The minimum atomic E-state index is -0.0189. The number of hydrogen-bond donors (Lipinski definition) is 1. The number of likely N-dealkylation sites (tertiary alicyclic amines) is 1. The highest BCUT2D eigenvalue weighted by Crippen LogP contribution is 2.24. The standard InChI is InChI=1S/C26H36N2O2/c1-19(2)16-25(22-11-13-24(30-4)14-12-22)27-26(29)23-9-7-21(8-10-23)18-28-15-5-6-20(3)17-28/h7-14,19-20,25H,5-6,15-18H2,1-4H3,(H,27,29)/t20-,25+/m1/s1. The van der Waals surface area contributed by atoms with Crippen LogP contribution in [0.15, 0.2) is 48.5 Å². The van der Waals surface area contributed by atoms with Gasteiger partial charge in [-0.05, 0) is 73.0 Å². The molecule has 2 aromatic carbocycles. The number of carbonyl (C=O) groups is 1. The molecule has 4 nitrogen and oxygen atoms in total. The lowest BCUT2D eigenvalue weighted by molar-refractivity contribution is 0.0932. The Morgan fingerprint density at radius 1 is 1.13 bits per heavy atom. The van der Waals surface area contributed by atoms with Crippen molar-refractivity contribution in [3.8, 4) is 5.75 Å². The van der Waals surface area contributed by atoms with Crippen LogP contribution >= 0.6 is 0 Å². The van der Waals surface area contributed by atoms with Crippen molar-refractivity contribution in [1.29, 1.82) is 0 Å². The van der Waals surface area contributed by atoms with Gasteiger partial charge in [0.1, 0.15) is 5.75 Å². The van der Waals surface area contributed by atoms with Gasteiger partial charge in [0.2, 0.25) is 0 Å². The first-order chi connectivity index (χ1) is 14.4. The summed E-state index contributed by atoms with van der Waals surface area (Å²) < 4.78 is 5.26. The Labute approximate surface area is 181 Å². The third-order valence-corrected chi connectivity index (χ3v) is 5.89. The molecule has 0 saturated carbocycles. The van der Waals surface area contributed by atoms with E-state index in [0.717, 1.165) is 30.2 Å². The topological polar surface area (TPSA) is 41.6 Å². The van der Waals surface area contributed by atoms with Gasteiger partial charge >= 0.3 is 0 Å². The van der Waals surface area contributed by atoms with Crippen LogP contribution in [-0.4, -0.2) is 31.0 Å². The van der Waals surface area contributed by atoms with Crippen LogP contribution in [0.1, 0.15) is 67.6 Å². The fraction of sp³-hybridized carbons (Fsp3) is 0.500. The molecule has 1 N–H and O–H groups in total. The second kappa shape index (κ2) is 10.6. The maximum Gasteiger partial charge on any atom is 0.251 e. The van der Waals surface area contributed by atoms with Gasteiger partial charge in [0.25, 0.3) is 5.91 Å². The Morgan fingerprint density at radius 3 is 2.43 bits per heavy atom. The van der Waals surface area contributed by atoms with E-state index in [1.807, 2.05) is 36.4 Å². The molecule has 1 amide bonds. The van der Waals surface area contributed by atoms with Crippen molar-refractivity contribution in [2.45, 2.75) is 52.6 Å². The number of benzene rings is 2. The number of nitrogens with zero attached hydrogens (tertiary/aromatic N) is 1. The van der Waals surface area contributed by atoms with Gasteiger partial charge in [0.15, 0.2) is 0 Å². The molecule has 1 heterocycles. The van der Waals surface area contributed by atoms with Gasteiger partial charge in [-0.1, -0.05) is 45.0 Å². The molecule has 30 heavy (non-hydrogen) atoms. The summed E-state index contributed by atoms with van der Waals surface area (Å²) in [6, 6.07) is 16.1. The fourth-order valence-corrected chi connectivity index (χ4v) is 4.28. The van der Waals surface area contributed by atoms with Crippen LogP contribution in [0.5, 0.6) is 5.75 Å². The SMILES string of the molecule is COc1ccc([C@H](CC(C)C)NC(=O)c2ccc(CN3CCC[C@@H](C)C3)cc2)cc1. The van der Waals surface area contributed by atoms with E-state index < -0.39 is 0 Å². The highest BCUT2D eigenvalue weighted by atomic mass is 16.5. The quantitative estimate of drug-likeness (QED) is 0.632. The monoisotopic (exact) mass is 408 g/mol. The maximum atomic E-state index is 12.9. The lowest BCUT2D eigenvalue weighted by Crippen LogP contribution is -2.33. The van der Waals surface area contributed by atoms with Crippen LogP contribution in [0.3, 0.4) is 0 Å². The van der Waals surface area contributed by atoms with E-state index >= 15 is 0 Å². The molecule has 162 valence electrons. The predicted molar refractivity (Wildman–Crippen MR) is 123 cm³/mol. The fourth-order valence-electron chi connectivity index (χ4n) is 4.28. The molecule has 3 rings (SSSR count). The number of piperidine rings is 1. The minimum absolute atomic E-state index is 0.0158. The second-order valence-corrected chi connectivity index (χ2v) is 9.11. The zero-order valence-corrected chi connectivity index (χ0v) is 18.9. The Morgan fingerprint density at radius 2 is 1.83 bits per heavy atom. The average Bonchev–Trinajstić information content (AvgIpc) is 2.73. The van der Waals surface area contributed by atoms with E-state index in [0.29, 0.717) is 11.5 Å². The summed E-state index contributed by atoms with van der Waals surface area (Å²) in [4.78, 5) is 15.5. The van der Waals surface area contributed by atoms with Crippen molar-refractivity contribution < 1.29 is 9.53 Å². The van der Waals surface area contributed by atoms with E-state index in [9.17, 15) is 4.79 Å². The number of amides is 1. The molecular formula is C26H36N2O2. The van der Waals surface area contributed by atoms with Crippen molar-refractivity contribution in [2.24, 2.45) is 11.8 Å². The average molecular weight is 409 g/mol. The van der Waals surface area contributed by atoms with Crippen LogP contribution in [0.4, 0.5) is 0 Å². The third kappa shape index (κ3) is 6.33. The summed E-state index contributed by atoms with van der Waals surface area (Å²) in [5.41, 5.74) is 3.09. The molecule has 0 aliphatic carbocycles. The molecular weight excluding hydrogens is 372 g/mol. The highest BCUT2D eigenvalue weighted by Gasteiger charge is 2.19. The van der Waals surface area contributed by atoms with Crippen LogP contribution in [-0.2, 0) is 6.54 Å². The molecule has 0 bridgehead atoms. The van der Waals surface area contributed by atoms with E-state index in [1.165, 1.54) is 31.5 Å². The molecule has 1 fully saturated rings. The van der Waals surface area contributed by atoms with Gasteiger partial charge in [-0.15, -0.1) is 0 Å². The molecule has 1 saturated heterocycles. The molecule has 2 aromatic rings. The third-order valence-electron chi connectivity index (χ3n) is 5.89. The second-order valence-electron chi connectivity index (χ2n) is 9.11. The van der Waals surface area contributed by atoms with Crippen LogP contribution in [0.25, 0.3) is 0 Å². The van der Waals surface area contributed by atoms with E-state index in [-0.39, 0.29) is 11.9 Å². The predicted octanol–water partition coefficient (Wildman–Crippen LogP) is 5.44. The number of hydrogen-bond acceptors (Lipinski definition) is 3. The minimum Gasteiger partial charge on any atom is -0.497 e. The summed E-state index contributed by atoms with van der Waals surface area (Å²) in [6.07, 6.45) is 3.51. The van der Waals surface area contributed by atoms with Gasteiger partial charge in [0.05, 0.1) is 13.2 Å². The molecule has 1 aliphatic rings. The van der Waals surface area contributed by atoms with Crippen LogP contribution in [0, 0.1) is 11.8 Å². The van der Waals surface area contributed by atoms with E-state index in [2.05, 4.69) is 43.1 Å². The first-order valence-electron chi connectivity index (χ1n) is 11.2. The Kier molecular flexibility index (Phi) is 7.92. The molecule has 0 radical (unpaired) electrons. The molecule has 2 atom stereocenters. The van der Waals surface area contributed by atoms with Crippen molar-refractivity contribution in [2.75, 3.05) is 20.2 Å². The molecule has 1 aliphatic heterocycles. The Bertz CT molecular complexity index is 799. The normalized spacial score (nSPS) is 18.2. The zero-order valence-electron chi connectivity index (χ0n) is 18.9. The first kappa shape index (κ1) is 22.4. The van der Waals surface area contributed by atoms with Crippen molar-refractivity contribution in [3.05, 3.63) is 65.2 Å². The summed E-state index contributed by atoms with van der Waals surface area (Å²) in [7, 11) is 1.66. The van der Waals surface area contributed by atoms with Crippen molar-refractivity contribution >= 4 is 5.91 Å². The first-order valence-corrected chi connectivity index (χ1v) is 11.2. The Balaban J connectivity index is 1.64. The zero-order chi connectivity index (χ0) is 21.5. The van der Waals surface area contributed by atoms with Gasteiger partial charge < -0.3 is 10.1 Å². The van der Waals surface area contributed by atoms with E-state index in [1.54, 1.807) is 7.11 Å². The lowest BCUT2D eigenvalue weighted by Gasteiger charge is -2.30. The summed E-state index contributed by atoms with van der Waals surface area (Å²) in [6.45, 7) is 9.99. The number of ether oxygens (including phenoxy) is 1. The molecule has 4 heteroatoms. The molecule has 0 unspecified atom stereocenters. The number of rotatable bonds is 8. The van der Waals surface area contributed by atoms with E-state index in [4.69, 9.17) is 4.74 Å². The van der Waals surface area contributed by atoms with Crippen LogP contribution < -0.4 is 10.1 Å². The smallest absolute Gasteiger partial charge is 0.251 e. The van der Waals surface area contributed by atoms with Crippen molar-refractivity contribution in [1.82, 2.24) is 10.2 Å². The molecule has 0 spiro atoms. The van der Waals surface area contributed by atoms with Gasteiger partial charge in [0, 0.05) is 18.7 Å². The summed E-state index contributed by atoms with van der Waals surface area (Å²) in [5.74, 6) is 2.06. The highest BCUT2D eigenvalue weighted by molar-refractivity contribution is 5.94. The lowest BCUT2D eigenvalue weighted by atomic mass is 9.96. The number of nitrogens with one attached hydrogen (secondary N) is 1. The largest absolute Gasteiger partial charge is 0.497 e. The van der Waals surface area contributed by atoms with Crippen molar-refractivity contribution in [3.63, 3.8) is 0 Å². The summed E-state index contributed by atoms with van der Waals surface area (Å²) in [5, 5.41) is 3.23.